The van der Waals surface area contributed by atoms with Gasteiger partial charge in [0.05, 0.1) is 16.4 Å². The van der Waals surface area contributed by atoms with Crippen LogP contribution >= 0.6 is 11.6 Å². The summed E-state index contributed by atoms with van der Waals surface area (Å²) in [6, 6.07) is 9.65. The highest BCUT2D eigenvalue weighted by atomic mass is 35.5. The predicted octanol–water partition coefficient (Wildman–Crippen LogP) is 4.52. The molecule has 2 heterocycles. The molecule has 30 heavy (non-hydrogen) atoms. The zero-order valence-electron chi connectivity index (χ0n) is 17.6. The van der Waals surface area contributed by atoms with Gasteiger partial charge >= 0.3 is 5.69 Å². The van der Waals surface area contributed by atoms with Gasteiger partial charge < -0.3 is 10.4 Å². The Morgan fingerprint density at radius 1 is 1.20 bits per heavy atom. The van der Waals surface area contributed by atoms with Crippen LogP contribution in [0.1, 0.15) is 56.8 Å². The van der Waals surface area contributed by atoms with E-state index in [9.17, 15) is 14.7 Å². The summed E-state index contributed by atoms with van der Waals surface area (Å²) in [7, 11) is 0. The Morgan fingerprint density at radius 3 is 2.40 bits per heavy atom. The largest absolute Gasteiger partial charge is 0.493 e. The van der Waals surface area contributed by atoms with E-state index in [1.807, 2.05) is 34.6 Å². The minimum absolute atomic E-state index is 0.144. The third kappa shape index (κ3) is 3.98. The Morgan fingerprint density at radius 2 is 1.90 bits per heavy atom. The van der Waals surface area contributed by atoms with Crippen molar-refractivity contribution in [3.63, 3.8) is 0 Å². The number of hydrogen-bond acceptors (Lipinski definition) is 4. The number of halogens is 1. The van der Waals surface area contributed by atoms with E-state index >= 15 is 0 Å². The molecule has 3 rings (SSSR count). The van der Waals surface area contributed by atoms with Crippen LogP contribution in [-0.2, 0) is 5.41 Å². The smallest absolute Gasteiger partial charge is 0.336 e. The molecule has 0 saturated heterocycles. The number of carbonyl (C=O) groups is 1. The molecular weight excluding hydrogens is 404 g/mol. The summed E-state index contributed by atoms with van der Waals surface area (Å²) in [5, 5.41) is 13.9. The van der Waals surface area contributed by atoms with Gasteiger partial charge in [-0.3, -0.25) is 14.3 Å². The van der Waals surface area contributed by atoms with Crippen LogP contribution in [0.5, 0.6) is 5.88 Å². The fourth-order valence-electron chi connectivity index (χ4n) is 3.36. The van der Waals surface area contributed by atoms with Gasteiger partial charge in [0, 0.05) is 23.3 Å². The number of aromatic nitrogens is 3. The maximum absolute atomic E-state index is 13.1. The Hall–Kier alpha value is -3.06. The lowest BCUT2D eigenvalue weighted by Gasteiger charge is -2.22. The molecular formula is C22H25ClN4O3. The van der Waals surface area contributed by atoms with E-state index in [4.69, 9.17) is 11.6 Å². The van der Waals surface area contributed by atoms with Gasteiger partial charge in [0.2, 0.25) is 5.88 Å². The molecule has 2 N–H and O–H groups in total. The van der Waals surface area contributed by atoms with E-state index in [1.54, 1.807) is 34.9 Å². The van der Waals surface area contributed by atoms with Crippen LogP contribution in [0.15, 0.2) is 47.4 Å². The third-order valence-corrected chi connectivity index (χ3v) is 4.94. The molecule has 0 aliphatic rings. The van der Waals surface area contributed by atoms with Gasteiger partial charge in [-0.2, -0.15) is 0 Å². The van der Waals surface area contributed by atoms with Crippen molar-refractivity contribution in [3.05, 3.63) is 69.5 Å². The van der Waals surface area contributed by atoms with Gasteiger partial charge in [0.1, 0.15) is 5.69 Å². The van der Waals surface area contributed by atoms with E-state index < -0.39 is 5.41 Å². The SMILES string of the molecule is CC(C)n1c(C(C)(C)C)c(O)n(-c2ccc(NC(=O)c3ccccn3)cc2Cl)c1=O. The number of anilines is 1. The van der Waals surface area contributed by atoms with Crippen LogP contribution in [0.25, 0.3) is 5.69 Å². The molecule has 1 aromatic carbocycles. The van der Waals surface area contributed by atoms with Crippen molar-refractivity contribution in [2.24, 2.45) is 0 Å². The molecule has 0 bridgehead atoms. The summed E-state index contributed by atoms with van der Waals surface area (Å²) in [5.74, 6) is -0.520. The summed E-state index contributed by atoms with van der Waals surface area (Å²) >= 11 is 6.45. The topological polar surface area (TPSA) is 89.2 Å². The van der Waals surface area contributed by atoms with Crippen molar-refractivity contribution in [1.82, 2.24) is 14.1 Å². The normalized spacial score (nSPS) is 11.7. The maximum atomic E-state index is 13.1. The highest BCUT2D eigenvalue weighted by Crippen LogP contribution is 2.35. The van der Waals surface area contributed by atoms with E-state index in [0.717, 1.165) is 0 Å². The Kier molecular flexibility index (Phi) is 5.76. The minimum Gasteiger partial charge on any atom is -0.493 e. The number of rotatable bonds is 4. The third-order valence-electron chi connectivity index (χ3n) is 4.63. The molecule has 3 aromatic rings. The first kappa shape index (κ1) is 21.6. The van der Waals surface area contributed by atoms with Crippen molar-refractivity contribution in [3.8, 4) is 11.6 Å². The Bertz CT molecular complexity index is 1140. The van der Waals surface area contributed by atoms with Crippen LogP contribution in [0.2, 0.25) is 5.02 Å². The molecule has 0 spiro atoms. The van der Waals surface area contributed by atoms with Gasteiger partial charge in [-0.1, -0.05) is 38.4 Å². The van der Waals surface area contributed by atoms with E-state index in [1.165, 1.54) is 16.8 Å². The first-order chi connectivity index (χ1) is 14.0. The Labute approximate surface area is 180 Å². The zero-order chi connectivity index (χ0) is 22.2. The highest BCUT2D eigenvalue weighted by Gasteiger charge is 2.31. The van der Waals surface area contributed by atoms with Crippen LogP contribution in [0.4, 0.5) is 5.69 Å². The Balaban J connectivity index is 2.04. The zero-order valence-corrected chi connectivity index (χ0v) is 18.4. The number of hydrogen-bond donors (Lipinski definition) is 2. The number of benzene rings is 1. The second kappa shape index (κ2) is 7.99. The second-order valence-corrected chi connectivity index (χ2v) is 8.75. The molecule has 158 valence electrons. The van der Waals surface area contributed by atoms with Crippen molar-refractivity contribution in [2.45, 2.75) is 46.1 Å². The van der Waals surface area contributed by atoms with E-state index in [2.05, 4.69) is 10.3 Å². The second-order valence-electron chi connectivity index (χ2n) is 8.34. The first-order valence-electron chi connectivity index (χ1n) is 9.61. The van der Waals surface area contributed by atoms with Crippen LogP contribution in [0.3, 0.4) is 0 Å². The van der Waals surface area contributed by atoms with E-state index in [0.29, 0.717) is 17.1 Å². The molecule has 8 heteroatoms. The molecule has 0 aliphatic heterocycles. The number of aromatic hydroxyl groups is 1. The van der Waals surface area contributed by atoms with Crippen molar-refractivity contribution in [2.75, 3.05) is 5.32 Å². The number of pyridine rings is 1. The van der Waals surface area contributed by atoms with Crippen molar-refractivity contribution >= 4 is 23.2 Å². The number of nitrogens with zero attached hydrogens (tertiary/aromatic N) is 3. The molecule has 0 aliphatic carbocycles. The van der Waals surface area contributed by atoms with Crippen LogP contribution in [0, 0.1) is 0 Å². The maximum Gasteiger partial charge on any atom is 0.336 e. The van der Waals surface area contributed by atoms with E-state index in [-0.39, 0.29) is 34.2 Å². The lowest BCUT2D eigenvalue weighted by Crippen LogP contribution is -2.28. The summed E-state index contributed by atoms with van der Waals surface area (Å²) < 4.78 is 2.77. The summed E-state index contributed by atoms with van der Waals surface area (Å²) in [5.41, 5.74) is 0.759. The van der Waals surface area contributed by atoms with Crippen LogP contribution < -0.4 is 11.0 Å². The summed E-state index contributed by atoms with van der Waals surface area (Å²) in [6.45, 7) is 9.57. The molecule has 2 aromatic heterocycles. The van der Waals surface area contributed by atoms with Gasteiger partial charge in [-0.25, -0.2) is 9.36 Å². The predicted molar refractivity (Wildman–Crippen MR) is 118 cm³/mol. The highest BCUT2D eigenvalue weighted by molar-refractivity contribution is 6.32. The molecule has 1 amide bonds. The number of amides is 1. The molecule has 0 unspecified atom stereocenters. The van der Waals surface area contributed by atoms with Gasteiger partial charge in [0.15, 0.2) is 0 Å². The van der Waals surface area contributed by atoms with Crippen LogP contribution in [-0.4, -0.2) is 25.1 Å². The number of nitrogens with one attached hydrogen (secondary N) is 1. The molecule has 7 nitrogen and oxygen atoms in total. The average molecular weight is 429 g/mol. The monoisotopic (exact) mass is 428 g/mol. The van der Waals surface area contributed by atoms with Gasteiger partial charge in [-0.05, 0) is 44.2 Å². The molecule has 0 fully saturated rings. The number of imidazole rings is 1. The first-order valence-corrected chi connectivity index (χ1v) is 9.99. The van der Waals surface area contributed by atoms with Gasteiger partial charge in [-0.15, -0.1) is 0 Å². The van der Waals surface area contributed by atoms with Gasteiger partial charge in [0.25, 0.3) is 5.91 Å². The van der Waals surface area contributed by atoms with Crippen molar-refractivity contribution in [1.29, 1.82) is 0 Å². The quantitative estimate of drug-likeness (QED) is 0.639. The summed E-state index contributed by atoms with van der Waals surface area (Å²) in [4.78, 5) is 29.4. The molecule has 0 atom stereocenters. The summed E-state index contributed by atoms with van der Waals surface area (Å²) in [6.07, 6.45) is 1.53. The average Bonchev–Trinajstić information content (AvgIpc) is 2.94. The molecule has 0 radical (unpaired) electrons. The lowest BCUT2D eigenvalue weighted by molar-refractivity contribution is 0.102. The molecule has 0 saturated carbocycles. The fraction of sp³-hybridized carbons (Fsp3) is 0.318. The fourth-order valence-corrected chi connectivity index (χ4v) is 3.62. The van der Waals surface area contributed by atoms with Crippen molar-refractivity contribution < 1.29 is 9.90 Å². The minimum atomic E-state index is -0.457. The lowest BCUT2D eigenvalue weighted by atomic mass is 9.91. The standard InChI is InChI=1S/C22H25ClN4O3/c1-13(2)26-18(22(3,4)5)20(29)27(21(26)30)17-10-9-14(12-15(17)23)25-19(28)16-8-6-7-11-24-16/h6-13,29H,1-5H3,(H,25,28). The number of carbonyl (C=O) groups excluding carboxylic acids is 1.